The third-order valence-corrected chi connectivity index (χ3v) is 2.96. The second kappa shape index (κ2) is 6.85. The normalized spacial score (nSPS) is 11.1. The maximum atomic E-state index is 5.74. The zero-order valence-electron chi connectivity index (χ0n) is 12.6. The van der Waals surface area contributed by atoms with Crippen LogP contribution in [-0.2, 0) is 0 Å². The van der Waals surface area contributed by atoms with Crippen LogP contribution in [-0.4, -0.2) is 23.1 Å². The van der Waals surface area contributed by atoms with Crippen molar-refractivity contribution >= 4 is 23.0 Å². The van der Waals surface area contributed by atoms with Gasteiger partial charge in [0, 0.05) is 24.3 Å². The molecule has 0 radical (unpaired) electrons. The zero-order valence-corrected chi connectivity index (χ0v) is 13.4. The fourth-order valence-corrected chi connectivity index (χ4v) is 2.22. The number of aromatic nitrogens is 1. The van der Waals surface area contributed by atoms with Gasteiger partial charge in [-0.2, -0.15) is 0 Å². The third-order valence-electron chi connectivity index (χ3n) is 2.72. The number of thiocarbonyl (C=S) groups is 1. The number of rotatable bonds is 6. The molecule has 3 nitrogen and oxygen atoms in total. The maximum absolute atomic E-state index is 5.74. The molecule has 0 unspecified atom stereocenters. The molecule has 0 aromatic carbocycles. The lowest BCUT2D eigenvalue weighted by Crippen LogP contribution is -2.32. The predicted molar refractivity (Wildman–Crippen MR) is 86.8 cm³/mol. The number of nitrogens with two attached hydrogens (primary N) is 1. The van der Waals surface area contributed by atoms with Crippen LogP contribution in [0.15, 0.2) is 12.1 Å². The number of hydrogen-bond acceptors (Lipinski definition) is 3. The molecule has 106 valence electrons. The first kappa shape index (κ1) is 15.9. The van der Waals surface area contributed by atoms with E-state index < -0.39 is 0 Å². The highest BCUT2D eigenvalue weighted by Gasteiger charge is 2.13. The Labute approximate surface area is 122 Å². The fourth-order valence-electron chi connectivity index (χ4n) is 2.10. The van der Waals surface area contributed by atoms with Crippen molar-refractivity contribution in [2.24, 2.45) is 17.6 Å². The lowest BCUT2D eigenvalue weighted by Gasteiger charge is -2.28. The van der Waals surface area contributed by atoms with Crippen LogP contribution in [0, 0.1) is 18.8 Å². The SMILES string of the molecule is Cc1cc(C(N)=S)cc(N(CC(C)C)CC(C)C)n1. The highest BCUT2D eigenvalue weighted by atomic mass is 32.1. The second-order valence-electron chi connectivity index (χ2n) is 5.91. The monoisotopic (exact) mass is 279 g/mol. The molecule has 4 heteroatoms. The highest BCUT2D eigenvalue weighted by Crippen LogP contribution is 2.18. The van der Waals surface area contributed by atoms with Crippen molar-refractivity contribution in [2.75, 3.05) is 18.0 Å². The molecule has 0 aliphatic rings. The Morgan fingerprint density at radius 1 is 1.21 bits per heavy atom. The predicted octanol–water partition coefficient (Wildman–Crippen LogP) is 3.14. The van der Waals surface area contributed by atoms with Crippen LogP contribution < -0.4 is 10.6 Å². The van der Waals surface area contributed by atoms with Crippen LogP contribution in [0.4, 0.5) is 5.82 Å². The molecule has 0 aliphatic heterocycles. The van der Waals surface area contributed by atoms with Crippen molar-refractivity contribution in [2.45, 2.75) is 34.6 Å². The molecule has 0 atom stereocenters. The van der Waals surface area contributed by atoms with Crippen LogP contribution in [0.2, 0.25) is 0 Å². The second-order valence-corrected chi connectivity index (χ2v) is 6.35. The van der Waals surface area contributed by atoms with Crippen molar-refractivity contribution in [3.8, 4) is 0 Å². The molecule has 1 heterocycles. The summed E-state index contributed by atoms with van der Waals surface area (Å²) >= 11 is 5.07. The van der Waals surface area contributed by atoms with E-state index in [0.29, 0.717) is 16.8 Å². The topological polar surface area (TPSA) is 42.1 Å². The molecule has 1 aromatic heterocycles. The molecule has 19 heavy (non-hydrogen) atoms. The molecule has 0 spiro atoms. The Morgan fingerprint density at radius 3 is 2.16 bits per heavy atom. The molecule has 0 amide bonds. The lowest BCUT2D eigenvalue weighted by molar-refractivity contribution is 0.548. The minimum Gasteiger partial charge on any atom is -0.389 e. The molecular formula is C15H25N3S. The average molecular weight is 279 g/mol. The van der Waals surface area contributed by atoms with E-state index in [9.17, 15) is 0 Å². The summed E-state index contributed by atoms with van der Waals surface area (Å²) in [5, 5.41) is 0. The molecular weight excluding hydrogens is 254 g/mol. The van der Waals surface area contributed by atoms with E-state index in [1.54, 1.807) is 0 Å². The van der Waals surface area contributed by atoms with Gasteiger partial charge in [-0.1, -0.05) is 39.9 Å². The number of nitrogens with zero attached hydrogens (tertiary/aromatic N) is 2. The Balaban J connectivity index is 3.09. The summed E-state index contributed by atoms with van der Waals surface area (Å²) < 4.78 is 0. The average Bonchev–Trinajstić information content (AvgIpc) is 2.25. The molecule has 0 fully saturated rings. The van der Waals surface area contributed by atoms with E-state index in [1.165, 1.54) is 0 Å². The van der Waals surface area contributed by atoms with Gasteiger partial charge in [0.05, 0.1) is 0 Å². The van der Waals surface area contributed by atoms with Gasteiger partial charge >= 0.3 is 0 Å². The summed E-state index contributed by atoms with van der Waals surface area (Å²) in [6.07, 6.45) is 0. The minimum absolute atomic E-state index is 0.431. The Kier molecular flexibility index (Phi) is 5.73. The lowest BCUT2D eigenvalue weighted by atomic mass is 10.1. The van der Waals surface area contributed by atoms with Gasteiger partial charge < -0.3 is 10.6 Å². The third kappa shape index (κ3) is 5.15. The van der Waals surface area contributed by atoms with Gasteiger partial charge in [-0.3, -0.25) is 0 Å². The smallest absolute Gasteiger partial charge is 0.129 e. The maximum Gasteiger partial charge on any atom is 0.129 e. The molecule has 2 N–H and O–H groups in total. The number of aryl methyl sites for hydroxylation is 1. The summed E-state index contributed by atoms with van der Waals surface area (Å²) in [7, 11) is 0. The van der Waals surface area contributed by atoms with Crippen molar-refractivity contribution in [3.63, 3.8) is 0 Å². The van der Waals surface area contributed by atoms with Gasteiger partial charge in [0.25, 0.3) is 0 Å². The van der Waals surface area contributed by atoms with Gasteiger partial charge in [0.2, 0.25) is 0 Å². The van der Waals surface area contributed by atoms with Crippen LogP contribution in [0.25, 0.3) is 0 Å². The molecule has 0 aliphatic carbocycles. The number of pyridine rings is 1. The molecule has 0 bridgehead atoms. The van der Waals surface area contributed by atoms with Gasteiger partial charge in [-0.15, -0.1) is 0 Å². The first-order valence-corrected chi connectivity index (χ1v) is 7.23. The minimum atomic E-state index is 0.431. The quantitative estimate of drug-likeness (QED) is 0.812. The summed E-state index contributed by atoms with van der Waals surface area (Å²) in [4.78, 5) is 7.39. The van der Waals surface area contributed by atoms with E-state index in [4.69, 9.17) is 18.0 Å². The van der Waals surface area contributed by atoms with Gasteiger partial charge in [-0.25, -0.2) is 4.98 Å². The van der Waals surface area contributed by atoms with Gasteiger partial charge in [-0.05, 0) is 30.9 Å². The van der Waals surface area contributed by atoms with E-state index in [-0.39, 0.29) is 0 Å². The standard InChI is InChI=1S/C15H25N3S/c1-10(2)8-18(9-11(3)4)14-7-13(15(16)19)6-12(5)17-14/h6-7,10-11H,8-9H2,1-5H3,(H2,16,19). The van der Waals surface area contributed by atoms with Crippen molar-refractivity contribution in [1.82, 2.24) is 4.98 Å². The van der Waals surface area contributed by atoms with Crippen LogP contribution in [0.1, 0.15) is 39.0 Å². The largest absolute Gasteiger partial charge is 0.389 e. The Morgan fingerprint density at radius 2 is 1.74 bits per heavy atom. The van der Waals surface area contributed by atoms with Gasteiger partial charge in [0.1, 0.15) is 10.8 Å². The van der Waals surface area contributed by atoms with Crippen LogP contribution in [0.5, 0.6) is 0 Å². The summed E-state index contributed by atoms with van der Waals surface area (Å²) in [6.45, 7) is 12.8. The van der Waals surface area contributed by atoms with Crippen LogP contribution in [0.3, 0.4) is 0 Å². The van der Waals surface area contributed by atoms with Crippen molar-refractivity contribution in [3.05, 3.63) is 23.4 Å². The molecule has 0 saturated carbocycles. The Bertz CT molecular complexity index is 431. The van der Waals surface area contributed by atoms with Crippen molar-refractivity contribution in [1.29, 1.82) is 0 Å². The first-order chi connectivity index (χ1) is 8.79. The molecule has 1 rings (SSSR count). The first-order valence-electron chi connectivity index (χ1n) is 6.83. The van der Waals surface area contributed by atoms with Crippen molar-refractivity contribution < 1.29 is 0 Å². The Hall–Kier alpha value is -1.16. The van der Waals surface area contributed by atoms with Gasteiger partial charge in [0.15, 0.2) is 0 Å². The van der Waals surface area contributed by atoms with Crippen LogP contribution >= 0.6 is 12.2 Å². The summed E-state index contributed by atoms with van der Waals surface area (Å²) in [5.41, 5.74) is 7.59. The molecule has 0 saturated heterocycles. The number of anilines is 1. The molecule has 1 aromatic rings. The fraction of sp³-hybridized carbons (Fsp3) is 0.600. The van der Waals surface area contributed by atoms with E-state index in [0.717, 1.165) is 30.2 Å². The summed E-state index contributed by atoms with van der Waals surface area (Å²) in [6, 6.07) is 3.94. The highest BCUT2D eigenvalue weighted by molar-refractivity contribution is 7.80. The van der Waals surface area contributed by atoms with E-state index >= 15 is 0 Å². The number of hydrogen-bond donors (Lipinski definition) is 1. The summed E-state index contributed by atoms with van der Waals surface area (Å²) in [5.74, 6) is 2.16. The van der Waals surface area contributed by atoms with E-state index in [2.05, 4.69) is 37.6 Å². The van der Waals surface area contributed by atoms with E-state index in [1.807, 2.05) is 19.1 Å². The zero-order chi connectivity index (χ0) is 14.6.